The molecule has 4 heteroatoms. The molecule has 0 aromatic heterocycles. The minimum absolute atomic E-state index is 0.234. The first-order valence-corrected chi connectivity index (χ1v) is 5.18. The molecule has 0 heterocycles. The van der Waals surface area contributed by atoms with Crippen molar-refractivity contribution < 1.29 is 14.8 Å². The van der Waals surface area contributed by atoms with Crippen LogP contribution in [0.3, 0.4) is 0 Å². The highest BCUT2D eigenvalue weighted by Gasteiger charge is 2.28. The van der Waals surface area contributed by atoms with Gasteiger partial charge in [0.2, 0.25) is 0 Å². The van der Waals surface area contributed by atoms with Crippen molar-refractivity contribution in [3.05, 3.63) is 0 Å². The van der Waals surface area contributed by atoms with Crippen molar-refractivity contribution in [2.45, 2.75) is 50.9 Å². The molecule has 76 valence electrons. The summed E-state index contributed by atoms with van der Waals surface area (Å²) >= 11 is 0. The van der Waals surface area contributed by atoms with Gasteiger partial charge in [-0.25, -0.2) is 0 Å². The van der Waals surface area contributed by atoms with Crippen molar-refractivity contribution in [1.29, 1.82) is 0 Å². The maximum atomic E-state index is 9.59. The lowest BCUT2D eigenvalue weighted by atomic mass is 9.65. The van der Waals surface area contributed by atoms with Crippen LogP contribution in [0, 0.1) is 0 Å². The Morgan fingerprint density at radius 3 is 2.54 bits per heavy atom. The lowest BCUT2D eigenvalue weighted by Crippen LogP contribution is -2.29. The zero-order valence-electron chi connectivity index (χ0n) is 8.28. The maximum Gasteiger partial charge on any atom is 0.457 e. The molecule has 0 aromatic rings. The zero-order valence-corrected chi connectivity index (χ0v) is 8.28. The molecule has 1 atom stereocenters. The number of aliphatic hydroxyl groups excluding tert-OH is 1. The number of hydrogen-bond acceptors (Lipinski definition) is 3. The minimum atomic E-state index is -0.671. The summed E-state index contributed by atoms with van der Waals surface area (Å²) in [5, 5.41) is 18.6. The molecule has 1 unspecified atom stereocenters. The van der Waals surface area contributed by atoms with Gasteiger partial charge in [-0.05, 0) is 12.7 Å². The summed E-state index contributed by atoms with van der Waals surface area (Å²) < 4.78 is 5.15. The third-order valence-electron chi connectivity index (χ3n) is 2.56. The molecule has 0 spiro atoms. The Labute approximate surface area is 80.2 Å². The second-order valence-electron chi connectivity index (χ2n) is 3.97. The molecule has 1 fully saturated rings. The van der Waals surface area contributed by atoms with E-state index in [-0.39, 0.29) is 12.4 Å². The molecule has 0 radical (unpaired) electrons. The van der Waals surface area contributed by atoms with Gasteiger partial charge in [0.1, 0.15) is 0 Å². The first-order valence-electron chi connectivity index (χ1n) is 5.18. The molecule has 0 aliphatic heterocycles. The van der Waals surface area contributed by atoms with Gasteiger partial charge in [-0.1, -0.05) is 32.1 Å². The van der Waals surface area contributed by atoms with Crippen LogP contribution in [-0.4, -0.2) is 30.0 Å². The normalized spacial score (nSPS) is 21.5. The van der Waals surface area contributed by atoms with Gasteiger partial charge < -0.3 is 14.8 Å². The van der Waals surface area contributed by atoms with Crippen LogP contribution >= 0.6 is 0 Å². The molecular formula is C9H19BO3. The van der Waals surface area contributed by atoms with Crippen LogP contribution in [0.25, 0.3) is 0 Å². The van der Waals surface area contributed by atoms with Crippen LogP contribution in [0.4, 0.5) is 0 Å². The second kappa shape index (κ2) is 5.63. The quantitative estimate of drug-likeness (QED) is 0.648. The van der Waals surface area contributed by atoms with Gasteiger partial charge in [0.05, 0.1) is 12.7 Å². The van der Waals surface area contributed by atoms with E-state index in [0.717, 1.165) is 12.8 Å². The van der Waals surface area contributed by atoms with Crippen LogP contribution in [0.15, 0.2) is 0 Å². The summed E-state index contributed by atoms with van der Waals surface area (Å²) in [5.41, 5.74) is 0. The number of aliphatic hydroxyl groups is 1. The van der Waals surface area contributed by atoms with Gasteiger partial charge in [-0.15, -0.1) is 0 Å². The van der Waals surface area contributed by atoms with Crippen LogP contribution in [0.1, 0.15) is 39.0 Å². The predicted octanol–water partition coefficient (Wildman–Crippen LogP) is 1.20. The van der Waals surface area contributed by atoms with Crippen LogP contribution in [0.5, 0.6) is 0 Å². The van der Waals surface area contributed by atoms with Crippen molar-refractivity contribution in [3.63, 3.8) is 0 Å². The average molecular weight is 186 g/mol. The molecule has 1 aliphatic rings. The van der Waals surface area contributed by atoms with E-state index in [2.05, 4.69) is 0 Å². The Morgan fingerprint density at radius 2 is 2.00 bits per heavy atom. The van der Waals surface area contributed by atoms with E-state index < -0.39 is 13.2 Å². The molecule has 0 saturated heterocycles. The molecule has 1 aliphatic carbocycles. The van der Waals surface area contributed by atoms with Gasteiger partial charge in [0.15, 0.2) is 0 Å². The smallest absolute Gasteiger partial charge is 0.427 e. The third kappa shape index (κ3) is 4.11. The van der Waals surface area contributed by atoms with Gasteiger partial charge in [-0.3, -0.25) is 0 Å². The Balaban J connectivity index is 2.17. The van der Waals surface area contributed by atoms with Crippen LogP contribution < -0.4 is 0 Å². The molecular weight excluding hydrogens is 167 g/mol. The Hall–Kier alpha value is -0.0551. The summed E-state index contributed by atoms with van der Waals surface area (Å²) in [6.45, 7) is 1.89. The van der Waals surface area contributed by atoms with Gasteiger partial charge >= 0.3 is 7.12 Å². The SMILES string of the molecule is CC(O)COB(O)C1CCCCC1. The van der Waals surface area contributed by atoms with Crippen molar-refractivity contribution in [3.8, 4) is 0 Å². The van der Waals surface area contributed by atoms with Gasteiger partial charge in [-0.2, -0.15) is 0 Å². The number of hydrogen-bond donors (Lipinski definition) is 2. The Morgan fingerprint density at radius 1 is 1.38 bits per heavy atom. The molecule has 13 heavy (non-hydrogen) atoms. The first kappa shape index (κ1) is 11.0. The summed E-state index contributed by atoms with van der Waals surface area (Å²) in [4.78, 5) is 0. The van der Waals surface area contributed by atoms with Crippen molar-refractivity contribution >= 4 is 7.12 Å². The second-order valence-corrected chi connectivity index (χ2v) is 3.97. The average Bonchev–Trinajstić information content (AvgIpc) is 2.15. The highest BCUT2D eigenvalue weighted by molar-refractivity contribution is 6.44. The van der Waals surface area contributed by atoms with E-state index >= 15 is 0 Å². The summed E-state index contributed by atoms with van der Waals surface area (Å²) in [6.07, 6.45) is 5.29. The molecule has 0 amide bonds. The molecule has 3 nitrogen and oxygen atoms in total. The summed E-state index contributed by atoms with van der Waals surface area (Å²) in [7, 11) is -0.671. The lowest BCUT2D eigenvalue weighted by molar-refractivity contribution is 0.105. The van der Waals surface area contributed by atoms with Crippen LogP contribution in [0.2, 0.25) is 5.82 Å². The highest BCUT2D eigenvalue weighted by Crippen LogP contribution is 2.30. The van der Waals surface area contributed by atoms with Crippen LogP contribution in [-0.2, 0) is 4.65 Å². The Kier molecular flexibility index (Phi) is 4.77. The van der Waals surface area contributed by atoms with Crippen molar-refractivity contribution in [2.24, 2.45) is 0 Å². The molecule has 0 aromatic carbocycles. The molecule has 1 saturated carbocycles. The van der Waals surface area contributed by atoms with E-state index in [1.54, 1.807) is 6.92 Å². The monoisotopic (exact) mass is 186 g/mol. The predicted molar refractivity (Wildman–Crippen MR) is 52.4 cm³/mol. The zero-order chi connectivity index (χ0) is 9.68. The first-order chi connectivity index (χ1) is 6.20. The highest BCUT2D eigenvalue weighted by atomic mass is 16.5. The fraction of sp³-hybridized carbons (Fsp3) is 1.00. The van der Waals surface area contributed by atoms with E-state index in [0.29, 0.717) is 0 Å². The fourth-order valence-electron chi connectivity index (χ4n) is 1.79. The summed E-state index contributed by atoms with van der Waals surface area (Å²) in [6, 6.07) is 0. The van der Waals surface area contributed by atoms with Crippen molar-refractivity contribution in [2.75, 3.05) is 6.61 Å². The maximum absolute atomic E-state index is 9.59. The standard InChI is InChI=1S/C9H19BO3/c1-8(11)7-13-10(12)9-5-3-2-4-6-9/h8-9,11-12H,2-7H2,1H3. The van der Waals surface area contributed by atoms with Gasteiger partial charge in [0.25, 0.3) is 0 Å². The largest absolute Gasteiger partial charge is 0.457 e. The van der Waals surface area contributed by atoms with E-state index in [9.17, 15) is 5.02 Å². The van der Waals surface area contributed by atoms with E-state index in [1.807, 2.05) is 0 Å². The van der Waals surface area contributed by atoms with Gasteiger partial charge in [0, 0.05) is 0 Å². The van der Waals surface area contributed by atoms with Crippen molar-refractivity contribution in [1.82, 2.24) is 0 Å². The van der Waals surface area contributed by atoms with E-state index in [1.165, 1.54) is 19.3 Å². The third-order valence-corrected chi connectivity index (χ3v) is 2.56. The fourth-order valence-corrected chi connectivity index (χ4v) is 1.79. The Bertz CT molecular complexity index is 135. The number of rotatable bonds is 4. The topological polar surface area (TPSA) is 49.7 Å². The lowest BCUT2D eigenvalue weighted by Gasteiger charge is -2.23. The molecule has 0 bridgehead atoms. The summed E-state index contributed by atoms with van der Waals surface area (Å²) in [5.74, 6) is 0.285. The molecule has 2 N–H and O–H groups in total. The van der Waals surface area contributed by atoms with E-state index in [4.69, 9.17) is 9.76 Å². The molecule has 1 rings (SSSR count). The minimum Gasteiger partial charge on any atom is -0.427 e.